The van der Waals surface area contributed by atoms with E-state index < -0.39 is 0 Å². The SMILES string of the molecule is CN=C(NC)NCc1csc(CCc2ccccc2)n1. The van der Waals surface area contributed by atoms with Crippen LogP contribution in [0.2, 0.25) is 0 Å². The highest BCUT2D eigenvalue weighted by atomic mass is 32.1. The average Bonchev–Trinajstić information content (AvgIpc) is 2.95. The number of hydrogen-bond acceptors (Lipinski definition) is 3. The van der Waals surface area contributed by atoms with Crippen molar-refractivity contribution in [2.24, 2.45) is 4.99 Å². The molecule has 2 rings (SSSR count). The first-order valence-electron chi connectivity index (χ1n) is 6.67. The van der Waals surface area contributed by atoms with E-state index in [1.54, 1.807) is 18.4 Å². The van der Waals surface area contributed by atoms with Gasteiger partial charge in [0.05, 0.1) is 17.2 Å². The van der Waals surface area contributed by atoms with E-state index in [2.05, 4.69) is 50.3 Å². The van der Waals surface area contributed by atoms with Crippen molar-refractivity contribution < 1.29 is 0 Å². The van der Waals surface area contributed by atoms with Crippen LogP contribution in [-0.4, -0.2) is 25.0 Å². The molecule has 0 spiro atoms. The standard InChI is InChI=1S/C15H20N4S/c1-16-15(17-2)18-10-13-11-20-14(19-13)9-8-12-6-4-3-5-7-12/h3-7,11H,8-10H2,1-2H3,(H2,16,17,18). The van der Waals surface area contributed by atoms with Gasteiger partial charge < -0.3 is 10.6 Å². The zero-order chi connectivity index (χ0) is 14.2. The average molecular weight is 288 g/mol. The molecular formula is C15H20N4S. The van der Waals surface area contributed by atoms with E-state index in [-0.39, 0.29) is 0 Å². The molecular weight excluding hydrogens is 268 g/mol. The van der Waals surface area contributed by atoms with Gasteiger partial charge in [0, 0.05) is 25.9 Å². The van der Waals surface area contributed by atoms with E-state index in [0.717, 1.165) is 24.5 Å². The molecule has 2 aromatic rings. The van der Waals surface area contributed by atoms with Crippen LogP contribution in [0.1, 0.15) is 16.3 Å². The fourth-order valence-corrected chi connectivity index (χ4v) is 2.69. The number of thiazole rings is 1. The predicted molar refractivity (Wildman–Crippen MR) is 85.2 cm³/mol. The Morgan fingerprint density at radius 2 is 2.05 bits per heavy atom. The lowest BCUT2D eigenvalue weighted by Gasteiger charge is -2.05. The zero-order valence-electron chi connectivity index (χ0n) is 11.9. The van der Waals surface area contributed by atoms with Gasteiger partial charge in [0.25, 0.3) is 0 Å². The lowest BCUT2D eigenvalue weighted by molar-refractivity contribution is 0.831. The van der Waals surface area contributed by atoms with Crippen LogP contribution >= 0.6 is 11.3 Å². The summed E-state index contributed by atoms with van der Waals surface area (Å²) in [5, 5.41) is 9.49. The maximum Gasteiger partial charge on any atom is 0.191 e. The molecule has 0 saturated heterocycles. The third-order valence-electron chi connectivity index (χ3n) is 2.97. The van der Waals surface area contributed by atoms with Gasteiger partial charge in [0.15, 0.2) is 5.96 Å². The second kappa shape index (κ2) is 7.65. The minimum atomic E-state index is 0.704. The number of rotatable bonds is 5. The Labute approximate surface area is 124 Å². The highest BCUT2D eigenvalue weighted by molar-refractivity contribution is 7.09. The molecule has 0 aliphatic rings. The molecule has 5 heteroatoms. The summed E-state index contributed by atoms with van der Waals surface area (Å²) in [7, 11) is 3.60. The highest BCUT2D eigenvalue weighted by Crippen LogP contribution is 2.13. The summed E-state index contributed by atoms with van der Waals surface area (Å²) in [5.41, 5.74) is 2.42. The number of hydrogen-bond donors (Lipinski definition) is 2. The molecule has 0 atom stereocenters. The van der Waals surface area contributed by atoms with E-state index in [9.17, 15) is 0 Å². The smallest absolute Gasteiger partial charge is 0.191 e. The van der Waals surface area contributed by atoms with Gasteiger partial charge in [-0.15, -0.1) is 11.3 Å². The van der Waals surface area contributed by atoms with Gasteiger partial charge in [0.2, 0.25) is 0 Å². The molecule has 1 heterocycles. The molecule has 1 aromatic heterocycles. The Kier molecular flexibility index (Phi) is 5.55. The largest absolute Gasteiger partial charge is 0.359 e. The molecule has 1 aromatic carbocycles. The van der Waals surface area contributed by atoms with Crippen molar-refractivity contribution in [1.29, 1.82) is 0 Å². The van der Waals surface area contributed by atoms with Crippen molar-refractivity contribution in [3.63, 3.8) is 0 Å². The molecule has 0 fully saturated rings. The minimum Gasteiger partial charge on any atom is -0.359 e. The predicted octanol–water partition coefficient (Wildman–Crippen LogP) is 2.22. The molecule has 0 unspecified atom stereocenters. The molecule has 106 valence electrons. The second-order valence-corrected chi connectivity index (χ2v) is 5.34. The summed E-state index contributed by atoms with van der Waals surface area (Å²) < 4.78 is 0. The lowest BCUT2D eigenvalue weighted by Crippen LogP contribution is -2.34. The van der Waals surface area contributed by atoms with Crippen molar-refractivity contribution in [1.82, 2.24) is 15.6 Å². The van der Waals surface area contributed by atoms with E-state index in [1.807, 2.05) is 13.1 Å². The van der Waals surface area contributed by atoms with Crippen LogP contribution in [0.4, 0.5) is 0 Å². The number of aromatic nitrogens is 1. The Bertz CT molecular complexity index is 548. The summed E-state index contributed by atoms with van der Waals surface area (Å²) in [6.45, 7) is 0.704. The Balaban J connectivity index is 1.83. The topological polar surface area (TPSA) is 49.3 Å². The molecule has 0 amide bonds. The van der Waals surface area contributed by atoms with Gasteiger partial charge in [-0.1, -0.05) is 30.3 Å². The Morgan fingerprint density at radius 1 is 1.25 bits per heavy atom. The van der Waals surface area contributed by atoms with E-state index in [4.69, 9.17) is 0 Å². The number of aryl methyl sites for hydroxylation is 2. The fourth-order valence-electron chi connectivity index (χ4n) is 1.89. The monoisotopic (exact) mass is 288 g/mol. The van der Waals surface area contributed by atoms with Gasteiger partial charge >= 0.3 is 0 Å². The zero-order valence-corrected chi connectivity index (χ0v) is 12.7. The Hall–Kier alpha value is -1.88. The van der Waals surface area contributed by atoms with Gasteiger partial charge in [-0.3, -0.25) is 4.99 Å². The quantitative estimate of drug-likeness (QED) is 0.655. The van der Waals surface area contributed by atoms with Gasteiger partial charge in [0.1, 0.15) is 0 Å². The van der Waals surface area contributed by atoms with Gasteiger partial charge in [-0.25, -0.2) is 4.98 Å². The summed E-state index contributed by atoms with van der Waals surface area (Å²) in [6.07, 6.45) is 2.04. The minimum absolute atomic E-state index is 0.704. The molecule has 20 heavy (non-hydrogen) atoms. The molecule has 0 aliphatic carbocycles. The third kappa shape index (κ3) is 4.35. The van der Waals surface area contributed by atoms with Crippen molar-refractivity contribution in [2.45, 2.75) is 19.4 Å². The van der Waals surface area contributed by atoms with Crippen LogP contribution in [0.3, 0.4) is 0 Å². The summed E-state index contributed by atoms with van der Waals surface area (Å²) in [4.78, 5) is 8.71. The highest BCUT2D eigenvalue weighted by Gasteiger charge is 2.03. The maximum absolute atomic E-state index is 4.64. The van der Waals surface area contributed by atoms with Crippen LogP contribution in [0.15, 0.2) is 40.7 Å². The number of benzene rings is 1. The van der Waals surface area contributed by atoms with Crippen LogP contribution in [0.25, 0.3) is 0 Å². The number of nitrogens with zero attached hydrogens (tertiary/aromatic N) is 2. The molecule has 0 bridgehead atoms. The molecule has 0 radical (unpaired) electrons. The normalized spacial score (nSPS) is 11.4. The van der Waals surface area contributed by atoms with Crippen molar-refractivity contribution >= 4 is 17.3 Å². The third-order valence-corrected chi connectivity index (χ3v) is 3.92. The molecule has 0 aliphatic heterocycles. The van der Waals surface area contributed by atoms with Crippen molar-refractivity contribution in [2.75, 3.05) is 14.1 Å². The summed E-state index contributed by atoms with van der Waals surface area (Å²) in [6, 6.07) is 10.5. The first-order chi connectivity index (χ1) is 9.81. The fraction of sp³-hybridized carbons (Fsp3) is 0.333. The summed E-state index contributed by atoms with van der Waals surface area (Å²) in [5.74, 6) is 0.781. The Morgan fingerprint density at radius 3 is 2.75 bits per heavy atom. The maximum atomic E-state index is 4.64. The summed E-state index contributed by atoms with van der Waals surface area (Å²) >= 11 is 1.72. The first-order valence-corrected chi connectivity index (χ1v) is 7.55. The molecule has 4 nitrogen and oxygen atoms in total. The van der Waals surface area contributed by atoms with E-state index in [1.165, 1.54) is 10.6 Å². The van der Waals surface area contributed by atoms with Crippen LogP contribution in [0, 0.1) is 0 Å². The van der Waals surface area contributed by atoms with E-state index >= 15 is 0 Å². The molecule has 0 saturated carbocycles. The van der Waals surface area contributed by atoms with Crippen LogP contribution in [0.5, 0.6) is 0 Å². The number of aliphatic imine (C=N–C) groups is 1. The number of guanidine groups is 1. The van der Waals surface area contributed by atoms with Crippen molar-refractivity contribution in [3.05, 3.63) is 52.0 Å². The molecule has 2 N–H and O–H groups in total. The van der Waals surface area contributed by atoms with Crippen LogP contribution in [-0.2, 0) is 19.4 Å². The van der Waals surface area contributed by atoms with Crippen LogP contribution < -0.4 is 10.6 Å². The number of nitrogens with one attached hydrogen (secondary N) is 2. The lowest BCUT2D eigenvalue weighted by atomic mass is 10.1. The van der Waals surface area contributed by atoms with Crippen molar-refractivity contribution in [3.8, 4) is 0 Å². The van der Waals surface area contributed by atoms with E-state index in [0.29, 0.717) is 6.54 Å². The first kappa shape index (κ1) is 14.5. The van der Waals surface area contributed by atoms with Gasteiger partial charge in [-0.2, -0.15) is 0 Å². The second-order valence-electron chi connectivity index (χ2n) is 4.39. The van der Waals surface area contributed by atoms with Gasteiger partial charge in [-0.05, 0) is 12.0 Å².